The molecule has 0 spiro atoms. The van der Waals surface area contributed by atoms with Crippen LogP contribution in [0, 0.1) is 6.92 Å². The third-order valence-electron chi connectivity index (χ3n) is 5.14. The third-order valence-corrected chi connectivity index (χ3v) is 5.14. The van der Waals surface area contributed by atoms with Gasteiger partial charge in [-0.2, -0.15) is 0 Å². The quantitative estimate of drug-likeness (QED) is 0.358. The van der Waals surface area contributed by atoms with Crippen molar-refractivity contribution < 1.29 is 0 Å². The van der Waals surface area contributed by atoms with Crippen molar-refractivity contribution in [3.63, 3.8) is 0 Å². The predicted molar refractivity (Wildman–Crippen MR) is 124 cm³/mol. The maximum atomic E-state index is 4.71. The summed E-state index contributed by atoms with van der Waals surface area (Å²) in [5.41, 5.74) is 8.30. The minimum absolute atomic E-state index is 0.742. The van der Waals surface area contributed by atoms with Gasteiger partial charge in [0.2, 0.25) is 0 Å². The van der Waals surface area contributed by atoms with Crippen molar-refractivity contribution in [1.29, 1.82) is 0 Å². The lowest BCUT2D eigenvalue weighted by Gasteiger charge is -2.10. The van der Waals surface area contributed by atoms with Crippen molar-refractivity contribution in [3.05, 3.63) is 109 Å². The second kappa shape index (κ2) is 8.28. The van der Waals surface area contributed by atoms with E-state index in [-0.39, 0.29) is 0 Å². The fourth-order valence-electron chi connectivity index (χ4n) is 3.65. The first-order valence-corrected chi connectivity index (χ1v) is 10.1. The SMILES string of the molecule is Cc1nc(-c2cccc(-c3cccnc3)c2)cc(-c2cccc(-c3cccnc3)c2)n1. The number of aryl methyl sites for hydroxylation is 1. The third kappa shape index (κ3) is 4.09. The first kappa shape index (κ1) is 18.8. The van der Waals surface area contributed by atoms with E-state index in [1.807, 2.05) is 31.5 Å². The molecule has 0 aliphatic carbocycles. The molecule has 0 bridgehead atoms. The molecule has 0 saturated heterocycles. The van der Waals surface area contributed by atoms with E-state index >= 15 is 0 Å². The maximum Gasteiger partial charge on any atom is 0.126 e. The molecule has 0 aliphatic rings. The summed E-state index contributed by atoms with van der Waals surface area (Å²) in [7, 11) is 0. The van der Waals surface area contributed by atoms with Gasteiger partial charge in [0.1, 0.15) is 5.82 Å². The first-order valence-electron chi connectivity index (χ1n) is 10.1. The van der Waals surface area contributed by atoms with Gasteiger partial charge in [-0.3, -0.25) is 9.97 Å². The van der Waals surface area contributed by atoms with Crippen molar-refractivity contribution in [2.75, 3.05) is 0 Å². The molecule has 2 aromatic carbocycles. The van der Waals surface area contributed by atoms with Crippen LogP contribution in [0.5, 0.6) is 0 Å². The van der Waals surface area contributed by atoms with Crippen LogP contribution in [0.3, 0.4) is 0 Å². The molecule has 4 heteroatoms. The molecule has 0 radical (unpaired) electrons. The van der Waals surface area contributed by atoms with Gasteiger partial charge in [0.15, 0.2) is 0 Å². The summed E-state index contributed by atoms with van der Waals surface area (Å²) in [5.74, 6) is 0.742. The van der Waals surface area contributed by atoms with Gasteiger partial charge in [-0.05, 0) is 48.4 Å². The Bertz CT molecular complexity index is 1230. The average molecular weight is 400 g/mol. The van der Waals surface area contributed by atoms with E-state index in [0.717, 1.165) is 50.6 Å². The number of aromatic nitrogens is 4. The van der Waals surface area contributed by atoms with Gasteiger partial charge in [-0.15, -0.1) is 0 Å². The van der Waals surface area contributed by atoms with Crippen LogP contribution in [0.4, 0.5) is 0 Å². The number of pyridine rings is 2. The van der Waals surface area contributed by atoms with Crippen molar-refractivity contribution >= 4 is 0 Å². The molecule has 0 aliphatic heterocycles. The Morgan fingerprint density at radius 1 is 0.484 bits per heavy atom. The van der Waals surface area contributed by atoms with E-state index in [1.165, 1.54) is 0 Å². The second-order valence-electron chi connectivity index (χ2n) is 7.33. The lowest BCUT2D eigenvalue weighted by Crippen LogP contribution is -1.95. The molecular weight excluding hydrogens is 380 g/mol. The Hall–Kier alpha value is -4.18. The lowest BCUT2D eigenvalue weighted by molar-refractivity contribution is 1.06. The molecule has 31 heavy (non-hydrogen) atoms. The minimum atomic E-state index is 0.742. The van der Waals surface area contributed by atoms with Crippen molar-refractivity contribution in [3.8, 4) is 44.8 Å². The van der Waals surface area contributed by atoms with Gasteiger partial charge < -0.3 is 0 Å². The summed E-state index contributed by atoms with van der Waals surface area (Å²) in [6.07, 6.45) is 7.32. The standard InChI is InChI=1S/C27H20N4/c1-19-30-26(22-8-2-6-20(14-22)24-10-4-12-28-17-24)16-27(31-19)23-9-3-7-21(15-23)25-11-5-13-29-18-25/h2-18H,1H3. The van der Waals surface area contributed by atoms with Crippen LogP contribution in [-0.4, -0.2) is 19.9 Å². The van der Waals surface area contributed by atoms with Crippen LogP contribution in [0.2, 0.25) is 0 Å². The molecule has 0 fully saturated rings. The van der Waals surface area contributed by atoms with Crippen LogP contribution in [0.25, 0.3) is 44.8 Å². The highest BCUT2D eigenvalue weighted by molar-refractivity contribution is 5.75. The van der Waals surface area contributed by atoms with Gasteiger partial charge in [0, 0.05) is 47.0 Å². The van der Waals surface area contributed by atoms with Crippen LogP contribution in [-0.2, 0) is 0 Å². The highest BCUT2D eigenvalue weighted by atomic mass is 14.9. The van der Waals surface area contributed by atoms with Crippen molar-refractivity contribution in [2.24, 2.45) is 0 Å². The highest BCUT2D eigenvalue weighted by Crippen LogP contribution is 2.29. The summed E-state index contributed by atoms with van der Waals surface area (Å²) in [5, 5.41) is 0. The molecule has 0 amide bonds. The summed E-state index contributed by atoms with van der Waals surface area (Å²) in [4.78, 5) is 17.9. The Labute approximate surface area is 181 Å². The molecule has 0 atom stereocenters. The topological polar surface area (TPSA) is 51.6 Å². The average Bonchev–Trinajstić information content (AvgIpc) is 2.85. The minimum Gasteiger partial charge on any atom is -0.264 e. The van der Waals surface area contributed by atoms with E-state index in [9.17, 15) is 0 Å². The highest BCUT2D eigenvalue weighted by Gasteiger charge is 2.09. The molecule has 5 rings (SSSR count). The van der Waals surface area contributed by atoms with Gasteiger partial charge in [0.25, 0.3) is 0 Å². The molecule has 0 saturated carbocycles. The number of hydrogen-bond acceptors (Lipinski definition) is 4. The van der Waals surface area contributed by atoms with Crippen LogP contribution < -0.4 is 0 Å². The van der Waals surface area contributed by atoms with E-state index in [1.54, 1.807) is 12.4 Å². The number of nitrogens with zero attached hydrogens (tertiary/aromatic N) is 4. The second-order valence-corrected chi connectivity index (χ2v) is 7.33. The fraction of sp³-hybridized carbons (Fsp3) is 0.0370. The van der Waals surface area contributed by atoms with Crippen LogP contribution in [0.1, 0.15) is 5.82 Å². The first-order chi connectivity index (χ1) is 15.3. The van der Waals surface area contributed by atoms with Crippen molar-refractivity contribution in [1.82, 2.24) is 19.9 Å². The zero-order chi connectivity index (χ0) is 21.0. The summed E-state index contributed by atoms with van der Waals surface area (Å²) in [6.45, 7) is 1.93. The summed E-state index contributed by atoms with van der Waals surface area (Å²) < 4.78 is 0. The molecular formula is C27H20N4. The Kier molecular flexibility index (Phi) is 5.03. The lowest BCUT2D eigenvalue weighted by atomic mass is 10.0. The molecule has 0 unspecified atom stereocenters. The van der Waals surface area contributed by atoms with E-state index < -0.39 is 0 Å². The van der Waals surface area contributed by atoms with Gasteiger partial charge in [-0.1, -0.05) is 48.5 Å². The Morgan fingerprint density at radius 3 is 1.39 bits per heavy atom. The molecule has 4 nitrogen and oxygen atoms in total. The van der Waals surface area contributed by atoms with E-state index in [0.29, 0.717) is 0 Å². The van der Waals surface area contributed by atoms with Gasteiger partial charge in [-0.25, -0.2) is 9.97 Å². The smallest absolute Gasteiger partial charge is 0.126 e. The predicted octanol–water partition coefficient (Wildman–Crippen LogP) is 6.24. The molecule has 3 heterocycles. The zero-order valence-electron chi connectivity index (χ0n) is 17.1. The molecule has 0 N–H and O–H groups in total. The zero-order valence-corrected chi connectivity index (χ0v) is 17.1. The Balaban J connectivity index is 1.56. The van der Waals surface area contributed by atoms with Crippen LogP contribution in [0.15, 0.2) is 104 Å². The Morgan fingerprint density at radius 2 is 0.935 bits per heavy atom. The van der Waals surface area contributed by atoms with Gasteiger partial charge >= 0.3 is 0 Å². The molecule has 5 aromatic rings. The largest absolute Gasteiger partial charge is 0.264 e. The monoisotopic (exact) mass is 400 g/mol. The van der Waals surface area contributed by atoms with Crippen LogP contribution >= 0.6 is 0 Å². The number of rotatable bonds is 4. The fourth-order valence-corrected chi connectivity index (χ4v) is 3.65. The molecule has 148 valence electrons. The van der Waals surface area contributed by atoms with Crippen molar-refractivity contribution in [2.45, 2.75) is 6.92 Å². The van der Waals surface area contributed by atoms with E-state index in [2.05, 4.69) is 76.7 Å². The number of hydrogen-bond donors (Lipinski definition) is 0. The van der Waals surface area contributed by atoms with Gasteiger partial charge in [0.05, 0.1) is 11.4 Å². The maximum absolute atomic E-state index is 4.71. The van der Waals surface area contributed by atoms with E-state index in [4.69, 9.17) is 9.97 Å². The summed E-state index contributed by atoms with van der Waals surface area (Å²) >= 11 is 0. The molecule has 3 aromatic heterocycles. The summed E-state index contributed by atoms with van der Waals surface area (Å²) in [6, 6.07) is 26.8. The number of benzene rings is 2. The normalized spacial score (nSPS) is 10.7.